The zero-order valence-corrected chi connectivity index (χ0v) is 10.4. The highest BCUT2D eigenvalue weighted by Crippen LogP contribution is 2.24. The van der Waals surface area contributed by atoms with Crippen molar-refractivity contribution < 1.29 is 9.84 Å². The standard InChI is InChI=1S/C15H17NO2/c1-12(17)14-4-2-3-5-15(14)18-11-8-13-6-9-16-10-7-13/h2-7,9-10,12,17H,8,11H2,1H3/t12-/m0/s1. The average Bonchev–Trinajstić information content (AvgIpc) is 2.40. The topological polar surface area (TPSA) is 42.4 Å². The Morgan fingerprint density at radius 2 is 1.89 bits per heavy atom. The van der Waals surface area contributed by atoms with Crippen LogP contribution in [0.2, 0.25) is 0 Å². The summed E-state index contributed by atoms with van der Waals surface area (Å²) in [5, 5.41) is 9.63. The third-order valence-corrected chi connectivity index (χ3v) is 2.77. The van der Waals surface area contributed by atoms with E-state index in [1.54, 1.807) is 19.3 Å². The van der Waals surface area contributed by atoms with Gasteiger partial charge in [-0.3, -0.25) is 4.98 Å². The van der Waals surface area contributed by atoms with Crippen molar-refractivity contribution in [2.45, 2.75) is 19.4 Å². The van der Waals surface area contributed by atoms with Crippen LogP contribution in [0, 0.1) is 0 Å². The number of aliphatic hydroxyl groups excluding tert-OH is 1. The fourth-order valence-corrected chi connectivity index (χ4v) is 1.79. The molecule has 0 saturated heterocycles. The molecular weight excluding hydrogens is 226 g/mol. The first-order chi connectivity index (χ1) is 8.77. The molecule has 3 nitrogen and oxygen atoms in total. The first kappa shape index (κ1) is 12.6. The van der Waals surface area contributed by atoms with Gasteiger partial charge >= 0.3 is 0 Å². The molecular formula is C15H17NO2. The van der Waals surface area contributed by atoms with Crippen molar-refractivity contribution in [1.82, 2.24) is 4.98 Å². The fraction of sp³-hybridized carbons (Fsp3) is 0.267. The summed E-state index contributed by atoms with van der Waals surface area (Å²) in [5.41, 5.74) is 2.02. The van der Waals surface area contributed by atoms with Gasteiger partial charge < -0.3 is 9.84 Å². The molecule has 1 heterocycles. The minimum atomic E-state index is -0.512. The number of nitrogens with zero attached hydrogens (tertiary/aromatic N) is 1. The van der Waals surface area contributed by atoms with Gasteiger partial charge in [0.2, 0.25) is 0 Å². The van der Waals surface area contributed by atoms with Crippen molar-refractivity contribution >= 4 is 0 Å². The Balaban J connectivity index is 1.94. The number of para-hydroxylation sites is 1. The number of hydrogen-bond donors (Lipinski definition) is 1. The summed E-state index contributed by atoms with van der Waals surface area (Å²) in [6.45, 7) is 2.33. The molecule has 0 aliphatic rings. The van der Waals surface area contributed by atoms with E-state index in [9.17, 15) is 5.11 Å². The molecule has 0 saturated carbocycles. The van der Waals surface area contributed by atoms with Gasteiger partial charge in [0.25, 0.3) is 0 Å². The lowest BCUT2D eigenvalue weighted by molar-refractivity contribution is 0.191. The van der Waals surface area contributed by atoms with Gasteiger partial charge in [0.15, 0.2) is 0 Å². The van der Waals surface area contributed by atoms with Crippen molar-refractivity contribution in [3.05, 3.63) is 59.9 Å². The number of ether oxygens (including phenoxy) is 1. The van der Waals surface area contributed by atoms with Crippen LogP contribution in [0.15, 0.2) is 48.8 Å². The second-order valence-corrected chi connectivity index (χ2v) is 4.17. The number of aliphatic hydroxyl groups is 1. The van der Waals surface area contributed by atoms with Crippen LogP contribution >= 0.6 is 0 Å². The summed E-state index contributed by atoms with van der Waals surface area (Å²) >= 11 is 0. The zero-order valence-electron chi connectivity index (χ0n) is 10.4. The highest BCUT2D eigenvalue weighted by Gasteiger charge is 2.07. The SMILES string of the molecule is C[C@H](O)c1ccccc1OCCc1ccncc1. The average molecular weight is 243 g/mol. The van der Waals surface area contributed by atoms with Crippen LogP contribution in [0.25, 0.3) is 0 Å². The van der Waals surface area contributed by atoms with Crippen LogP contribution in [-0.4, -0.2) is 16.7 Å². The molecule has 0 amide bonds. The van der Waals surface area contributed by atoms with E-state index in [0.29, 0.717) is 6.61 Å². The zero-order chi connectivity index (χ0) is 12.8. The van der Waals surface area contributed by atoms with E-state index in [2.05, 4.69) is 4.98 Å². The van der Waals surface area contributed by atoms with Crippen LogP contribution in [0.3, 0.4) is 0 Å². The molecule has 3 heteroatoms. The molecule has 0 aliphatic carbocycles. The van der Waals surface area contributed by atoms with E-state index in [-0.39, 0.29) is 0 Å². The molecule has 1 N–H and O–H groups in total. The Morgan fingerprint density at radius 1 is 1.17 bits per heavy atom. The Morgan fingerprint density at radius 3 is 2.61 bits per heavy atom. The second-order valence-electron chi connectivity index (χ2n) is 4.17. The summed E-state index contributed by atoms with van der Waals surface area (Å²) in [4.78, 5) is 3.98. The first-order valence-corrected chi connectivity index (χ1v) is 6.06. The molecule has 0 aliphatic heterocycles. The van der Waals surface area contributed by atoms with Crippen LogP contribution < -0.4 is 4.74 Å². The molecule has 2 aromatic rings. The molecule has 94 valence electrons. The van der Waals surface area contributed by atoms with Gasteiger partial charge in [0.1, 0.15) is 5.75 Å². The summed E-state index contributed by atoms with van der Waals surface area (Å²) in [5.74, 6) is 0.751. The van der Waals surface area contributed by atoms with Gasteiger partial charge in [-0.25, -0.2) is 0 Å². The van der Waals surface area contributed by atoms with Crippen molar-refractivity contribution in [3.63, 3.8) is 0 Å². The van der Waals surface area contributed by atoms with Crippen LogP contribution in [0.4, 0.5) is 0 Å². The van der Waals surface area contributed by atoms with Gasteiger partial charge in [0, 0.05) is 24.4 Å². The van der Waals surface area contributed by atoms with E-state index in [0.717, 1.165) is 17.7 Å². The molecule has 2 rings (SSSR count). The van der Waals surface area contributed by atoms with E-state index >= 15 is 0 Å². The Labute approximate surface area is 107 Å². The van der Waals surface area contributed by atoms with Crippen molar-refractivity contribution in [1.29, 1.82) is 0 Å². The summed E-state index contributed by atoms with van der Waals surface area (Å²) in [7, 11) is 0. The predicted molar refractivity (Wildman–Crippen MR) is 70.5 cm³/mol. The number of rotatable bonds is 5. The number of pyridine rings is 1. The summed E-state index contributed by atoms with van der Waals surface area (Å²) in [6, 6.07) is 11.5. The van der Waals surface area contributed by atoms with Crippen molar-refractivity contribution in [2.75, 3.05) is 6.61 Å². The fourth-order valence-electron chi connectivity index (χ4n) is 1.79. The Kier molecular flexibility index (Phi) is 4.31. The lowest BCUT2D eigenvalue weighted by Crippen LogP contribution is -2.04. The minimum absolute atomic E-state index is 0.512. The molecule has 1 aromatic heterocycles. The maximum Gasteiger partial charge on any atom is 0.125 e. The summed E-state index contributed by atoms with van der Waals surface area (Å²) in [6.07, 6.45) is 3.87. The molecule has 0 spiro atoms. The van der Waals surface area contributed by atoms with Gasteiger partial charge in [-0.15, -0.1) is 0 Å². The molecule has 0 radical (unpaired) electrons. The highest BCUT2D eigenvalue weighted by molar-refractivity contribution is 5.34. The monoisotopic (exact) mass is 243 g/mol. The van der Waals surface area contributed by atoms with Crippen molar-refractivity contribution in [2.24, 2.45) is 0 Å². The van der Waals surface area contributed by atoms with Gasteiger partial charge in [-0.1, -0.05) is 18.2 Å². The number of benzene rings is 1. The van der Waals surface area contributed by atoms with Gasteiger partial charge in [-0.05, 0) is 30.7 Å². The molecule has 18 heavy (non-hydrogen) atoms. The molecule has 1 atom stereocenters. The molecule has 0 unspecified atom stereocenters. The van der Waals surface area contributed by atoms with Crippen LogP contribution in [-0.2, 0) is 6.42 Å². The van der Waals surface area contributed by atoms with E-state index in [4.69, 9.17) is 4.74 Å². The van der Waals surface area contributed by atoms with Crippen molar-refractivity contribution in [3.8, 4) is 5.75 Å². The molecule has 0 fully saturated rings. The maximum absolute atomic E-state index is 9.63. The summed E-state index contributed by atoms with van der Waals surface area (Å²) < 4.78 is 5.72. The van der Waals surface area contributed by atoms with Gasteiger partial charge in [0.05, 0.1) is 12.7 Å². The van der Waals surface area contributed by atoms with E-state index < -0.39 is 6.10 Å². The quantitative estimate of drug-likeness (QED) is 0.878. The minimum Gasteiger partial charge on any atom is -0.493 e. The Hall–Kier alpha value is -1.87. The van der Waals surface area contributed by atoms with E-state index in [1.807, 2.05) is 36.4 Å². The smallest absolute Gasteiger partial charge is 0.125 e. The lowest BCUT2D eigenvalue weighted by Gasteiger charge is -2.13. The second kappa shape index (κ2) is 6.17. The predicted octanol–water partition coefficient (Wildman–Crippen LogP) is 2.76. The van der Waals surface area contributed by atoms with E-state index in [1.165, 1.54) is 5.56 Å². The first-order valence-electron chi connectivity index (χ1n) is 6.06. The lowest BCUT2D eigenvalue weighted by atomic mass is 10.1. The maximum atomic E-state index is 9.63. The number of aromatic nitrogens is 1. The highest BCUT2D eigenvalue weighted by atomic mass is 16.5. The van der Waals surface area contributed by atoms with Crippen LogP contribution in [0.5, 0.6) is 5.75 Å². The normalized spacial score (nSPS) is 12.1. The molecule has 0 bridgehead atoms. The number of hydrogen-bond acceptors (Lipinski definition) is 3. The Bertz CT molecular complexity index is 483. The third kappa shape index (κ3) is 3.31. The van der Waals surface area contributed by atoms with Crippen LogP contribution in [0.1, 0.15) is 24.2 Å². The molecule has 1 aromatic carbocycles. The van der Waals surface area contributed by atoms with Gasteiger partial charge in [-0.2, -0.15) is 0 Å². The largest absolute Gasteiger partial charge is 0.493 e. The third-order valence-electron chi connectivity index (χ3n) is 2.77.